The Bertz CT molecular complexity index is 1380. The van der Waals surface area contributed by atoms with E-state index in [9.17, 15) is 13.2 Å². The highest BCUT2D eigenvalue weighted by atomic mass is 32.2. The molecule has 1 aromatic heterocycles. The van der Waals surface area contributed by atoms with E-state index < -0.39 is 10.0 Å². The van der Waals surface area contributed by atoms with Gasteiger partial charge in [-0.05, 0) is 29.7 Å². The third-order valence-corrected chi connectivity index (χ3v) is 7.72. The molecule has 30 heavy (non-hydrogen) atoms. The van der Waals surface area contributed by atoms with Gasteiger partial charge in [-0.2, -0.15) is 0 Å². The molecular formula is C22H17N3O3S2. The molecule has 1 aliphatic rings. The fourth-order valence-corrected chi connectivity index (χ4v) is 6.31. The van der Waals surface area contributed by atoms with Crippen LogP contribution in [-0.2, 0) is 21.4 Å². The molecule has 0 saturated carbocycles. The second kappa shape index (κ2) is 6.93. The molecular weight excluding hydrogens is 418 g/mol. The number of aromatic nitrogens is 1. The zero-order chi connectivity index (χ0) is 20.9. The van der Waals surface area contributed by atoms with Crippen LogP contribution >= 0.6 is 11.3 Å². The molecule has 0 saturated heterocycles. The fraction of sp³-hybridized carbons (Fsp3) is 0.0909. The minimum absolute atomic E-state index is 0.104. The lowest BCUT2D eigenvalue weighted by atomic mass is 10.1. The Morgan fingerprint density at radius 1 is 1.03 bits per heavy atom. The van der Waals surface area contributed by atoms with Crippen molar-refractivity contribution in [2.24, 2.45) is 0 Å². The van der Waals surface area contributed by atoms with E-state index in [1.807, 2.05) is 54.6 Å². The molecule has 0 bridgehead atoms. The molecule has 1 aliphatic heterocycles. The van der Waals surface area contributed by atoms with Crippen LogP contribution in [-0.4, -0.2) is 19.3 Å². The second-order valence-corrected chi connectivity index (χ2v) is 9.62. The molecule has 8 heteroatoms. The van der Waals surface area contributed by atoms with E-state index in [-0.39, 0.29) is 12.5 Å². The van der Waals surface area contributed by atoms with Gasteiger partial charge in [-0.25, -0.2) is 13.4 Å². The van der Waals surface area contributed by atoms with Crippen LogP contribution in [0, 0.1) is 0 Å². The quantitative estimate of drug-likeness (QED) is 0.466. The zero-order valence-corrected chi connectivity index (χ0v) is 17.7. The first-order chi connectivity index (χ1) is 14.5. The Balaban J connectivity index is 1.52. The number of thiazole rings is 1. The van der Waals surface area contributed by atoms with Crippen molar-refractivity contribution in [3.05, 3.63) is 77.8 Å². The minimum atomic E-state index is -3.66. The molecule has 1 amide bonds. The largest absolute Gasteiger partial charge is 0.274 e. The first-order valence-electron chi connectivity index (χ1n) is 9.31. The SMILES string of the molecule is CC(=O)N(c1ccccc1)c1nc(CN2c3cccc4cccc(c34)S2(=O)=O)cs1. The summed E-state index contributed by atoms with van der Waals surface area (Å²) in [5.41, 5.74) is 1.96. The van der Waals surface area contributed by atoms with Gasteiger partial charge in [0.2, 0.25) is 5.91 Å². The van der Waals surface area contributed by atoms with Crippen molar-refractivity contribution in [2.45, 2.75) is 18.4 Å². The number of hydrogen-bond acceptors (Lipinski definition) is 5. The Labute approximate surface area is 178 Å². The maximum absolute atomic E-state index is 13.2. The number of amides is 1. The monoisotopic (exact) mass is 435 g/mol. The van der Waals surface area contributed by atoms with E-state index >= 15 is 0 Å². The molecule has 6 nitrogen and oxygen atoms in total. The fourth-order valence-electron chi connectivity index (χ4n) is 3.75. The first-order valence-corrected chi connectivity index (χ1v) is 11.6. The number of benzene rings is 3. The molecule has 0 spiro atoms. The van der Waals surface area contributed by atoms with E-state index in [0.717, 1.165) is 16.5 Å². The molecule has 0 N–H and O–H groups in total. The predicted molar refractivity (Wildman–Crippen MR) is 119 cm³/mol. The van der Waals surface area contributed by atoms with Crippen molar-refractivity contribution >= 4 is 54.5 Å². The Kier molecular flexibility index (Phi) is 4.34. The third kappa shape index (κ3) is 2.88. The van der Waals surface area contributed by atoms with Crippen molar-refractivity contribution in [1.29, 1.82) is 0 Å². The Hall–Kier alpha value is -3.23. The summed E-state index contributed by atoms with van der Waals surface area (Å²) in [5.74, 6) is -0.159. The number of carbonyl (C=O) groups excluding carboxylic acids is 1. The lowest BCUT2D eigenvalue weighted by Crippen LogP contribution is -2.27. The zero-order valence-electron chi connectivity index (χ0n) is 16.0. The van der Waals surface area contributed by atoms with Crippen molar-refractivity contribution < 1.29 is 13.2 Å². The summed E-state index contributed by atoms with van der Waals surface area (Å²) in [5, 5.41) is 3.94. The van der Waals surface area contributed by atoms with E-state index in [2.05, 4.69) is 4.98 Å². The van der Waals surface area contributed by atoms with Gasteiger partial charge in [0.15, 0.2) is 5.13 Å². The van der Waals surface area contributed by atoms with E-state index in [4.69, 9.17) is 0 Å². The lowest BCUT2D eigenvalue weighted by Gasteiger charge is -2.19. The van der Waals surface area contributed by atoms with Gasteiger partial charge in [-0.3, -0.25) is 14.0 Å². The highest BCUT2D eigenvalue weighted by molar-refractivity contribution is 7.93. The van der Waals surface area contributed by atoms with Crippen LogP contribution in [0.3, 0.4) is 0 Å². The average molecular weight is 436 g/mol. The molecule has 5 rings (SSSR count). The van der Waals surface area contributed by atoms with Crippen molar-refractivity contribution in [1.82, 2.24) is 4.98 Å². The summed E-state index contributed by atoms with van der Waals surface area (Å²) in [6.07, 6.45) is 0. The molecule has 4 aromatic rings. The molecule has 0 radical (unpaired) electrons. The number of rotatable bonds is 4. The molecule has 0 unspecified atom stereocenters. The molecule has 150 valence electrons. The van der Waals surface area contributed by atoms with Crippen LogP contribution in [0.2, 0.25) is 0 Å². The summed E-state index contributed by atoms with van der Waals surface area (Å²) in [4.78, 5) is 18.7. The smallest absolute Gasteiger partial charge is 0.265 e. The van der Waals surface area contributed by atoms with E-state index in [0.29, 0.717) is 21.4 Å². The first kappa shape index (κ1) is 18.8. The summed E-state index contributed by atoms with van der Waals surface area (Å²) in [6.45, 7) is 1.59. The van der Waals surface area contributed by atoms with Gasteiger partial charge in [0.25, 0.3) is 10.0 Å². The molecule has 0 fully saturated rings. The number of sulfonamides is 1. The predicted octanol–water partition coefficient (Wildman–Crippen LogP) is 4.69. The van der Waals surface area contributed by atoms with Crippen LogP contribution < -0.4 is 9.21 Å². The van der Waals surface area contributed by atoms with Crippen LogP contribution in [0.1, 0.15) is 12.6 Å². The number of nitrogens with zero attached hydrogens (tertiary/aromatic N) is 3. The minimum Gasteiger partial charge on any atom is -0.274 e. The Morgan fingerprint density at radius 3 is 2.50 bits per heavy atom. The third-order valence-electron chi connectivity index (χ3n) is 5.05. The van der Waals surface area contributed by atoms with Gasteiger partial charge in [0.1, 0.15) is 0 Å². The van der Waals surface area contributed by atoms with Gasteiger partial charge < -0.3 is 0 Å². The van der Waals surface area contributed by atoms with Gasteiger partial charge in [-0.1, -0.05) is 42.5 Å². The van der Waals surface area contributed by atoms with Gasteiger partial charge in [-0.15, -0.1) is 11.3 Å². The lowest BCUT2D eigenvalue weighted by molar-refractivity contribution is -0.115. The summed E-state index contributed by atoms with van der Waals surface area (Å²) < 4.78 is 27.7. The van der Waals surface area contributed by atoms with E-state index in [1.165, 1.54) is 27.5 Å². The molecule has 0 atom stereocenters. The second-order valence-electron chi connectivity index (χ2n) is 6.95. The number of hydrogen-bond donors (Lipinski definition) is 0. The average Bonchev–Trinajstić information content (AvgIpc) is 3.27. The molecule has 3 aromatic carbocycles. The topological polar surface area (TPSA) is 70.6 Å². The van der Waals surface area contributed by atoms with Crippen LogP contribution in [0.4, 0.5) is 16.5 Å². The Morgan fingerprint density at radius 2 is 1.77 bits per heavy atom. The molecule has 2 heterocycles. The highest BCUT2D eigenvalue weighted by Gasteiger charge is 2.36. The van der Waals surface area contributed by atoms with E-state index in [1.54, 1.807) is 17.5 Å². The van der Waals surface area contributed by atoms with Crippen molar-refractivity contribution in [3.63, 3.8) is 0 Å². The number of carbonyl (C=O) groups is 1. The highest BCUT2D eigenvalue weighted by Crippen LogP contribution is 2.43. The summed E-state index contributed by atoms with van der Waals surface area (Å²) in [7, 11) is -3.66. The van der Waals surface area contributed by atoms with Gasteiger partial charge >= 0.3 is 0 Å². The van der Waals surface area contributed by atoms with Crippen molar-refractivity contribution in [3.8, 4) is 0 Å². The summed E-state index contributed by atoms with van der Waals surface area (Å²) >= 11 is 1.31. The van der Waals surface area contributed by atoms with Crippen LogP contribution in [0.5, 0.6) is 0 Å². The normalized spacial score (nSPS) is 14.2. The van der Waals surface area contributed by atoms with Gasteiger partial charge in [0, 0.05) is 17.7 Å². The van der Waals surface area contributed by atoms with Gasteiger partial charge in [0.05, 0.1) is 28.5 Å². The van der Waals surface area contributed by atoms with Crippen LogP contribution in [0.25, 0.3) is 10.8 Å². The molecule has 0 aliphatic carbocycles. The maximum atomic E-state index is 13.2. The standard InChI is InChI=1S/C22H17N3O3S2/c1-15(26)25(18-9-3-2-4-10-18)22-23-17(14-29-22)13-24-19-11-5-7-16-8-6-12-20(21(16)19)30(24,27)28/h2-12,14H,13H2,1H3. The number of anilines is 3. The summed E-state index contributed by atoms with van der Waals surface area (Å²) in [6, 6.07) is 20.2. The van der Waals surface area contributed by atoms with Crippen LogP contribution in [0.15, 0.2) is 77.0 Å². The van der Waals surface area contributed by atoms with Crippen molar-refractivity contribution in [2.75, 3.05) is 9.21 Å². The number of para-hydroxylation sites is 1. The maximum Gasteiger partial charge on any atom is 0.265 e.